The standard InChI is InChI=1S/C16H17NO4S/c1-3-12(10-4-6-11(21-2)7-5-10)17-15(18)13-8-9-14(22-13)16(19)20/h4-9,12H,3H2,1-2H3,(H,17,18)(H,19,20). The van der Waals surface area contributed by atoms with Gasteiger partial charge in [0, 0.05) is 0 Å². The zero-order chi connectivity index (χ0) is 16.1. The van der Waals surface area contributed by atoms with Gasteiger partial charge in [-0.25, -0.2) is 4.79 Å². The van der Waals surface area contributed by atoms with Crippen molar-refractivity contribution in [2.75, 3.05) is 7.11 Å². The predicted molar refractivity (Wildman–Crippen MR) is 84.8 cm³/mol. The van der Waals surface area contributed by atoms with Crippen molar-refractivity contribution >= 4 is 23.2 Å². The Kier molecular flexibility index (Phi) is 5.16. The van der Waals surface area contributed by atoms with E-state index < -0.39 is 5.97 Å². The van der Waals surface area contributed by atoms with Crippen LogP contribution in [0.5, 0.6) is 5.75 Å². The summed E-state index contributed by atoms with van der Waals surface area (Å²) in [7, 11) is 1.60. The number of amides is 1. The monoisotopic (exact) mass is 319 g/mol. The number of hydrogen-bond donors (Lipinski definition) is 2. The molecule has 0 spiro atoms. The van der Waals surface area contributed by atoms with E-state index in [1.807, 2.05) is 31.2 Å². The van der Waals surface area contributed by atoms with Crippen molar-refractivity contribution in [1.29, 1.82) is 0 Å². The quantitative estimate of drug-likeness (QED) is 0.856. The van der Waals surface area contributed by atoms with Gasteiger partial charge in [-0.15, -0.1) is 11.3 Å². The highest BCUT2D eigenvalue weighted by atomic mass is 32.1. The average Bonchev–Trinajstić information content (AvgIpc) is 3.03. The molecule has 2 aromatic rings. The predicted octanol–water partition coefficient (Wildman–Crippen LogP) is 3.34. The number of thiophene rings is 1. The van der Waals surface area contributed by atoms with Gasteiger partial charge in [-0.3, -0.25) is 4.79 Å². The lowest BCUT2D eigenvalue weighted by Crippen LogP contribution is -2.27. The van der Waals surface area contributed by atoms with E-state index in [2.05, 4.69) is 5.32 Å². The van der Waals surface area contributed by atoms with E-state index in [0.717, 1.165) is 29.1 Å². The highest BCUT2D eigenvalue weighted by Gasteiger charge is 2.17. The first kappa shape index (κ1) is 16.0. The number of aromatic carboxylic acids is 1. The lowest BCUT2D eigenvalue weighted by molar-refractivity contribution is 0.0702. The van der Waals surface area contributed by atoms with Crippen LogP contribution in [0.2, 0.25) is 0 Å². The molecule has 1 heterocycles. The highest BCUT2D eigenvalue weighted by molar-refractivity contribution is 7.15. The Labute approximate surface area is 132 Å². The van der Waals surface area contributed by atoms with Crippen molar-refractivity contribution in [2.45, 2.75) is 19.4 Å². The third-order valence-corrected chi connectivity index (χ3v) is 4.34. The smallest absolute Gasteiger partial charge is 0.345 e. The summed E-state index contributed by atoms with van der Waals surface area (Å²) in [6, 6.07) is 10.3. The molecule has 0 saturated heterocycles. The number of rotatable bonds is 6. The molecule has 0 radical (unpaired) electrons. The number of carboxylic acid groups (broad SMARTS) is 1. The van der Waals surface area contributed by atoms with Crippen LogP contribution in [0.3, 0.4) is 0 Å². The molecule has 0 aliphatic rings. The number of carbonyl (C=O) groups is 2. The fourth-order valence-electron chi connectivity index (χ4n) is 2.06. The summed E-state index contributed by atoms with van der Waals surface area (Å²) in [6.45, 7) is 1.98. The molecule has 0 bridgehead atoms. The molecule has 116 valence electrons. The summed E-state index contributed by atoms with van der Waals surface area (Å²) in [5.41, 5.74) is 0.978. The van der Waals surface area contributed by atoms with Gasteiger partial charge in [0.15, 0.2) is 0 Å². The van der Waals surface area contributed by atoms with Crippen LogP contribution in [0.1, 0.15) is 44.3 Å². The summed E-state index contributed by atoms with van der Waals surface area (Å²) in [5.74, 6) is -0.527. The van der Waals surface area contributed by atoms with Crippen LogP contribution in [0.4, 0.5) is 0 Å². The normalized spacial score (nSPS) is 11.7. The largest absolute Gasteiger partial charge is 0.497 e. The van der Waals surface area contributed by atoms with Gasteiger partial charge in [0.1, 0.15) is 10.6 Å². The summed E-state index contributed by atoms with van der Waals surface area (Å²) in [5, 5.41) is 11.8. The van der Waals surface area contributed by atoms with Crippen LogP contribution in [-0.4, -0.2) is 24.1 Å². The highest BCUT2D eigenvalue weighted by Crippen LogP contribution is 2.22. The van der Waals surface area contributed by atoms with Gasteiger partial charge in [-0.2, -0.15) is 0 Å². The Morgan fingerprint density at radius 1 is 1.18 bits per heavy atom. The van der Waals surface area contributed by atoms with E-state index in [1.165, 1.54) is 12.1 Å². The van der Waals surface area contributed by atoms with Crippen LogP contribution in [0.15, 0.2) is 36.4 Å². The van der Waals surface area contributed by atoms with Crippen molar-refractivity contribution in [3.63, 3.8) is 0 Å². The topological polar surface area (TPSA) is 75.6 Å². The maximum Gasteiger partial charge on any atom is 0.345 e. The number of ether oxygens (including phenoxy) is 1. The van der Waals surface area contributed by atoms with Crippen molar-refractivity contribution in [3.05, 3.63) is 51.7 Å². The van der Waals surface area contributed by atoms with Crippen LogP contribution in [0, 0.1) is 0 Å². The SMILES string of the molecule is CCC(NC(=O)c1ccc(C(=O)O)s1)c1ccc(OC)cc1. The summed E-state index contributed by atoms with van der Waals surface area (Å²) >= 11 is 0.971. The number of hydrogen-bond acceptors (Lipinski definition) is 4. The number of methoxy groups -OCH3 is 1. The third kappa shape index (κ3) is 3.65. The molecule has 1 unspecified atom stereocenters. The molecule has 5 nitrogen and oxygen atoms in total. The first-order chi connectivity index (χ1) is 10.5. The van der Waals surface area contributed by atoms with E-state index in [-0.39, 0.29) is 16.8 Å². The fourth-order valence-corrected chi connectivity index (χ4v) is 2.81. The zero-order valence-electron chi connectivity index (χ0n) is 12.3. The molecule has 0 fully saturated rings. The van der Waals surface area contributed by atoms with Gasteiger partial charge in [-0.1, -0.05) is 19.1 Å². The van der Waals surface area contributed by atoms with Crippen molar-refractivity contribution in [2.24, 2.45) is 0 Å². The number of benzene rings is 1. The number of carbonyl (C=O) groups excluding carboxylic acids is 1. The Morgan fingerprint density at radius 2 is 1.82 bits per heavy atom. The Balaban J connectivity index is 2.10. The van der Waals surface area contributed by atoms with Crippen molar-refractivity contribution in [3.8, 4) is 5.75 Å². The lowest BCUT2D eigenvalue weighted by Gasteiger charge is -2.17. The molecular weight excluding hydrogens is 302 g/mol. The van der Waals surface area contributed by atoms with Gasteiger partial charge in [0.2, 0.25) is 0 Å². The van der Waals surface area contributed by atoms with Crippen LogP contribution in [-0.2, 0) is 0 Å². The maximum absolute atomic E-state index is 12.2. The Bertz CT molecular complexity index is 663. The second-order valence-electron chi connectivity index (χ2n) is 4.68. The molecule has 1 aromatic carbocycles. The van der Waals surface area contributed by atoms with Gasteiger partial charge < -0.3 is 15.2 Å². The maximum atomic E-state index is 12.2. The van der Waals surface area contributed by atoms with Crippen LogP contribution < -0.4 is 10.1 Å². The number of nitrogens with one attached hydrogen (secondary N) is 1. The van der Waals surface area contributed by atoms with Gasteiger partial charge >= 0.3 is 5.97 Å². The molecule has 1 atom stereocenters. The van der Waals surface area contributed by atoms with E-state index >= 15 is 0 Å². The van der Waals surface area contributed by atoms with Crippen LogP contribution in [0.25, 0.3) is 0 Å². The van der Waals surface area contributed by atoms with Gasteiger partial charge in [0.05, 0.1) is 18.0 Å². The molecule has 6 heteroatoms. The molecule has 1 aromatic heterocycles. The van der Waals surface area contributed by atoms with Gasteiger partial charge in [0.25, 0.3) is 5.91 Å². The molecule has 2 rings (SSSR count). The lowest BCUT2D eigenvalue weighted by atomic mass is 10.0. The van der Waals surface area contributed by atoms with E-state index in [1.54, 1.807) is 7.11 Å². The minimum Gasteiger partial charge on any atom is -0.497 e. The van der Waals surface area contributed by atoms with Crippen molar-refractivity contribution < 1.29 is 19.4 Å². The molecule has 22 heavy (non-hydrogen) atoms. The summed E-state index contributed by atoms with van der Waals surface area (Å²) < 4.78 is 5.12. The molecule has 0 aliphatic carbocycles. The first-order valence-electron chi connectivity index (χ1n) is 6.83. The fraction of sp³-hybridized carbons (Fsp3) is 0.250. The Morgan fingerprint density at radius 3 is 2.32 bits per heavy atom. The van der Waals surface area contributed by atoms with E-state index in [0.29, 0.717) is 4.88 Å². The minimum absolute atomic E-state index is 0.131. The second kappa shape index (κ2) is 7.09. The number of carboxylic acids is 1. The van der Waals surface area contributed by atoms with Gasteiger partial charge in [-0.05, 0) is 36.2 Å². The average molecular weight is 319 g/mol. The zero-order valence-corrected chi connectivity index (χ0v) is 13.1. The first-order valence-corrected chi connectivity index (χ1v) is 7.64. The molecule has 1 amide bonds. The second-order valence-corrected chi connectivity index (χ2v) is 5.76. The summed E-state index contributed by atoms with van der Waals surface area (Å²) in [6.07, 6.45) is 0.731. The van der Waals surface area contributed by atoms with Crippen LogP contribution >= 0.6 is 11.3 Å². The third-order valence-electron chi connectivity index (χ3n) is 3.27. The molecule has 2 N–H and O–H groups in total. The molecule has 0 saturated carbocycles. The Hall–Kier alpha value is -2.34. The van der Waals surface area contributed by atoms with E-state index in [4.69, 9.17) is 9.84 Å². The van der Waals surface area contributed by atoms with Crippen molar-refractivity contribution in [1.82, 2.24) is 5.32 Å². The molecule has 0 aliphatic heterocycles. The van der Waals surface area contributed by atoms with E-state index in [9.17, 15) is 9.59 Å². The minimum atomic E-state index is -1.02. The summed E-state index contributed by atoms with van der Waals surface area (Å²) in [4.78, 5) is 23.6. The molecular formula is C16H17NO4S.